The number of ether oxygens (including phenoxy) is 1. The summed E-state index contributed by atoms with van der Waals surface area (Å²) in [6.45, 7) is 1.95. The predicted molar refractivity (Wildman–Crippen MR) is 71.0 cm³/mol. The third-order valence-corrected chi connectivity index (χ3v) is 5.42. The monoisotopic (exact) mass is 293 g/mol. The molecule has 0 heterocycles. The topological polar surface area (TPSA) is 92.7 Å². The lowest BCUT2D eigenvalue weighted by Gasteiger charge is -2.18. The summed E-state index contributed by atoms with van der Waals surface area (Å²) >= 11 is 0. The molecule has 0 aromatic carbocycles. The molecule has 3 unspecified atom stereocenters. The third-order valence-electron chi connectivity index (χ3n) is 3.46. The summed E-state index contributed by atoms with van der Waals surface area (Å²) in [4.78, 5) is 11.5. The van der Waals surface area contributed by atoms with Gasteiger partial charge in [0.2, 0.25) is 10.0 Å². The molecule has 0 spiro atoms. The molecule has 6 nitrogen and oxygen atoms in total. The van der Waals surface area contributed by atoms with E-state index < -0.39 is 33.3 Å². The minimum Gasteiger partial charge on any atom is -0.469 e. The Hall–Kier alpha value is -0.660. The van der Waals surface area contributed by atoms with Crippen molar-refractivity contribution in [3.8, 4) is 0 Å². The van der Waals surface area contributed by atoms with Crippen molar-refractivity contribution in [2.24, 2.45) is 5.92 Å². The Bertz CT molecular complexity index is 393. The van der Waals surface area contributed by atoms with Crippen molar-refractivity contribution in [2.75, 3.05) is 13.7 Å². The standard InChI is InChI=1S/C12H23NO5S/c1-9(14)5-4-8-13-19(16,17)11-7-3-6-10(11)12(15)18-2/h9-11,13-14H,3-8H2,1-2H3. The highest BCUT2D eigenvalue weighted by Gasteiger charge is 2.41. The lowest BCUT2D eigenvalue weighted by Crippen LogP contribution is -2.40. The number of nitrogens with one attached hydrogen (secondary N) is 1. The summed E-state index contributed by atoms with van der Waals surface area (Å²) in [5.41, 5.74) is 0. The largest absolute Gasteiger partial charge is 0.469 e. The van der Waals surface area contributed by atoms with E-state index >= 15 is 0 Å². The molecule has 0 bridgehead atoms. The lowest BCUT2D eigenvalue weighted by molar-refractivity contribution is -0.145. The first-order valence-corrected chi connectivity index (χ1v) is 8.17. The van der Waals surface area contributed by atoms with E-state index in [9.17, 15) is 13.2 Å². The maximum absolute atomic E-state index is 12.1. The van der Waals surface area contributed by atoms with Crippen LogP contribution in [0.3, 0.4) is 0 Å². The van der Waals surface area contributed by atoms with Crippen molar-refractivity contribution in [3.63, 3.8) is 0 Å². The Morgan fingerprint density at radius 1 is 1.47 bits per heavy atom. The highest BCUT2D eigenvalue weighted by molar-refractivity contribution is 7.90. The highest BCUT2D eigenvalue weighted by Crippen LogP contribution is 2.31. The third kappa shape index (κ3) is 4.74. The molecule has 1 fully saturated rings. The van der Waals surface area contributed by atoms with Crippen molar-refractivity contribution >= 4 is 16.0 Å². The van der Waals surface area contributed by atoms with Crippen LogP contribution in [0.15, 0.2) is 0 Å². The molecule has 0 aliphatic heterocycles. The van der Waals surface area contributed by atoms with Gasteiger partial charge in [-0.25, -0.2) is 13.1 Å². The van der Waals surface area contributed by atoms with Gasteiger partial charge in [-0.15, -0.1) is 0 Å². The second-order valence-electron chi connectivity index (χ2n) is 5.03. The number of rotatable bonds is 7. The first kappa shape index (κ1) is 16.4. The number of methoxy groups -OCH3 is 1. The molecule has 0 saturated heterocycles. The minimum absolute atomic E-state index is 0.289. The van der Waals surface area contributed by atoms with Crippen molar-refractivity contribution in [3.05, 3.63) is 0 Å². The van der Waals surface area contributed by atoms with Crippen molar-refractivity contribution in [2.45, 2.75) is 50.4 Å². The van der Waals surface area contributed by atoms with Gasteiger partial charge in [0.1, 0.15) is 0 Å². The molecule has 112 valence electrons. The molecular formula is C12H23NO5S. The van der Waals surface area contributed by atoms with Gasteiger partial charge >= 0.3 is 5.97 Å². The number of carbonyl (C=O) groups excluding carboxylic acids is 1. The number of esters is 1. The van der Waals surface area contributed by atoms with Crippen LogP contribution in [-0.2, 0) is 19.6 Å². The maximum Gasteiger partial charge on any atom is 0.310 e. The Labute approximate surface area is 114 Å². The van der Waals surface area contributed by atoms with Crippen LogP contribution in [0, 0.1) is 5.92 Å². The zero-order valence-electron chi connectivity index (χ0n) is 11.5. The van der Waals surface area contributed by atoms with Crippen LogP contribution in [0.25, 0.3) is 0 Å². The van der Waals surface area contributed by atoms with Crippen LogP contribution >= 0.6 is 0 Å². The molecular weight excluding hydrogens is 270 g/mol. The maximum atomic E-state index is 12.1. The fourth-order valence-corrected chi connectivity index (χ4v) is 4.24. The van der Waals surface area contributed by atoms with E-state index in [1.54, 1.807) is 6.92 Å². The summed E-state index contributed by atoms with van der Waals surface area (Å²) in [5, 5.41) is 8.41. The van der Waals surface area contributed by atoms with Crippen LogP contribution in [0.4, 0.5) is 0 Å². The average molecular weight is 293 g/mol. The fourth-order valence-electron chi connectivity index (χ4n) is 2.44. The molecule has 2 N–H and O–H groups in total. The number of aliphatic hydroxyl groups excluding tert-OH is 1. The van der Waals surface area contributed by atoms with Crippen LogP contribution in [0.1, 0.15) is 39.0 Å². The van der Waals surface area contributed by atoms with E-state index in [0.29, 0.717) is 25.7 Å². The molecule has 1 rings (SSSR count). The summed E-state index contributed by atoms with van der Waals surface area (Å²) < 4.78 is 31.4. The first-order chi connectivity index (χ1) is 8.88. The molecule has 3 atom stereocenters. The number of hydrogen-bond donors (Lipinski definition) is 2. The predicted octanol–water partition coefficient (Wildman–Crippen LogP) is 0.408. The Kier molecular flexibility index (Phi) is 6.22. The quantitative estimate of drug-likeness (QED) is 0.524. The Morgan fingerprint density at radius 3 is 2.74 bits per heavy atom. The van der Waals surface area contributed by atoms with E-state index in [-0.39, 0.29) is 6.54 Å². The van der Waals surface area contributed by atoms with Gasteiger partial charge < -0.3 is 9.84 Å². The summed E-state index contributed by atoms with van der Waals surface area (Å²) in [7, 11) is -2.22. The summed E-state index contributed by atoms with van der Waals surface area (Å²) in [6, 6.07) is 0. The van der Waals surface area contributed by atoms with Gasteiger partial charge in [-0.3, -0.25) is 4.79 Å². The van der Waals surface area contributed by atoms with Crippen molar-refractivity contribution in [1.29, 1.82) is 0 Å². The molecule has 0 amide bonds. The Morgan fingerprint density at radius 2 is 2.16 bits per heavy atom. The van der Waals surface area contributed by atoms with Gasteiger partial charge in [0, 0.05) is 6.54 Å². The van der Waals surface area contributed by atoms with E-state index in [4.69, 9.17) is 5.11 Å². The molecule has 1 saturated carbocycles. The lowest BCUT2D eigenvalue weighted by atomic mass is 10.1. The van der Waals surface area contributed by atoms with Crippen LogP contribution in [0.2, 0.25) is 0 Å². The zero-order chi connectivity index (χ0) is 14.5. The van der Waals surface area contributed by atoms with Gasteiger partial charge in [-0.05, 0) is 32.6 Å². The van der Waals surface area contributed by atoms with Gasteiger partial charge in [-0.2, -0.15) is 0 Å². The van der Waals surface area contributed by atoms with Gasteiger partial charge in [0.15, 0.2) is 0 Å². The second kappa shape index (κ2) is 7.21. The smallest absolute Gasteiger partial charge is 0.310 e. The van der Waals surface area contributed by atoms with Gasteiger partial charge in [0.25, 0.3) is 0 Å². The number of aliphatic hydroxyl groups is 1. The number of sulfonamides is 1. The average Bonchev–Trinajstić information content (AvgIpc) is 2.83. The number of hydrogen-bond acceptors (Lipinski definition) is 5. The second-order valence-corrected chi connectivity index (χ2v) is 7.01. The van der Waals surface area contributed by atoms with E-state index in [1.807, 2.05) is 0 Å². The van der Waals surface area contributed by atoms with E-state index in [2.05, 4.69) is 9.46 Å². The molecule has 1 aliphatic rings. The summed E-state index contributed by atoms with van der Waals surface area (Å²) in [5.74, 6) is -1.00. The molecule has 1 aliphatic carbocycles. The molecule has 0 radical (unpaired) electrons. The summed E-state index contributed by atoms with van der Waals surface area (Å²) in [6.07, 6.45) is 2.47. The minimum atomic E-state index is -3.49. The molecule has 7 heteroatoms. The molecule has 0 aromatic rings. The van der Waals surface area contributed by atoms with Gasteiger partial charge in [-0.1, -0.05) is 6.42 Å². The normalized spacial score (nSPS) is 25.2. The fraction of sp³-hybridized carbons (Fsp3) is 0.917. The Balaban J connectivity index is 2.54. The first-order valence-electron chi connectivity index (χ1n) is 6.63. The SMILES string of the molecule is COC(=O)C1CCCC1S(=O)(=O)NCCCC(C)O. The van der Waals surface area contributed by atoms with Crippen molar-refractivity contribution < 1.29 is 23.1 Å². The van der Waals surface area contributed by atoms with Crippen LogP contribution < -0.4 is 4.72 Å². The molecule has 19 heavy (non-hydrogen) atoms. The van der Waals surface area contributed by atoms with Crippen LogP contribution in [-0.4, -0.2) is 44.5 Å². The van der Waals surface area contributed by atoms with Gasteiger partial charge in [0.05, 0.1) is 24.4 Å². The zero-order valence-corrected chi connectivity index (χ0v) is 12.3. The van der Waals surface area contributed by atoms with Crippen LogP contribution in [0.5, 0.6) is 0 Å². The van der Waals surface area contributed by atoms with E-state index in [0.717, 1.165) is 6.42 Å². The number of carbonyl (C=O) groups is 1. The molecule has 0 aromatic heterocycles. The van der Waals surface area contributed by atoms with Crippen molar-refractivity contribution in [1.82, 2.24) is 4.72 Å². The highest BCUT2D eigenvalue weighted by atomic mass is 32.2. The van der Waals surface area contributed by atoms with E-state index in [1.165, 1.54) is 7.11 Å².